The van der Waals surface area contributed by atoms with Crippen molar-refractivity contribution in [3.63, 3.8) is 0 Å². The maximum Gasteiger partial charge on any atom is 0.198 e. The molecule has 0 saturated carbocycles. The van der Waals surface area contributed by atoms with Crippen LogP contribution in [0.2, 0.25) is 0 Å². The van der Waals surface area contributed by atoms with Gasteiger partial charge < -0.3 is 4.74 Å². The number of benzene rings is 1. The number of carbonyl (C=O) groups excluding carboxylic acids is 1. The van der Waals surface area contributed by atoms with Gasteiger partial charge in [-0.25, -0.2) is 0 Å². The predicted octanol–water partition coefficient (Wildman–Crippen LogP) is 2.25. The second kappa shape index (κ2) is 4.01. The lowest BCUT2D eigenvalue weighted by molar-refractivity contribution is 0.103. The first-order valence-corrected chi connectivity index (χ1v) is 5.55. The van der Waals surface area contributed by atoms with E-state index in [2.05, 4.69) is 4.98 Å². The van der Waals surface area contributed by atoms with E-state index in [9.17, 15) is 4.79 Å². The molecule has 0 aliphatic carbocycles. The van der Waals surface area contributed by atoms with Gasteiger partial charge in [0.2, 0.25) is 0 Å². The highest BCUT2D eigenvalue weighted by Gasteiger charge is 2.21. The van der Waals surface area contributed by atoms with Crippen LogP contribution >= 0.6 is 0 Å². The van der Waals surface area contributed by atoms with E-state index in [1.807, 2.05) is 12.1 Å². The molecule has 0 saturated heterocycles. The van der Waals surface area contributed by atoms with Gasteiger partial charge in [0, 0.05) is 24.4 Å². The van der Waals surface area contributed by atoms with Crippen molar-refractivity contribution in [2.45, 2.75) is 6.42 Å². The third-order valence-corrected chi connectivity index (χ3v) is 2.88. The minimum Gasteiger partial charge on any atom is -0.492 e. The minimum absolute atomic E-state index is 0.0307. The Morgan fingerprint density at radius 3 is 3.00 bits per heavy atom. The molecular weight excluding hydrogens is 214 g/mol. The SMILES string of the molecule is O=C(c1cccnc1)c1cccc2c1OCC2. The topological polar surface area (TPSA) is 39.2 Å². The van der Waals surface area contributed by atoms with Gasteiger partial charge in [-0.15, -0.1) is 0 Å². The quantitative estimate of drug-likeness (QED) is 0.736. The first-order valence-electron chi connectivity index (χ1n) is 5.55. The van der Waals surface area contributed by atoms with Crippen LogP contribution in [0.5, 0.6) is 5.75 Å². The number of pyridine rings is 1. The van der Waals surface area contributed by atoms with Crippen molar-refractivity contribution in [3.05, 3.63) is 59.4 Å². The zero-order valence-electron chi connectivity index (χ0n) is 9.22. The summed E-state index contributed by atoms with van der Waals surface area (Å²) in [7, 11) is 0. The van der Waals surface area contributed by atoms with E-state index in [1.165, 1.54) is 0 Å². The number of para-hydroxylation sites is 1. The van der Waals surface area contributed by atoms with Crippen molar-refractivity contribution in [2.24, 2.45) is 0 Å². The lowest BCUT2D eigenvalue weighted by Gasteiger charge is -2.06. The first-order chi connectivity index (χ1) is 8.36. The Kier molecular flexibility index (Phi) is 2.37. The fourth-order valence-electron chi connectivity index (χ4n) is 2.05. The third-order valence-electron chi connectivity index (χ3n) is 2.88. The minimum atomic E-state index is -0.0307. The monoisotopic (exact) mass is 225 g/mol. The highest BCUT2D eigenvalue weighted by molar-refractivity contribution is 6.10. The van der Waals surface area contributed by atoms with Crippen LogP contribution in [0.25, 0.3) is 0 Å². The molecule has 1 aliphatic rings. The van der Waals surface area contributed by atoms with Gasteiger partial charge >= 0.3 is 0 Å². The number of ether oxygens (including phenoxy) is 1. The predicted molar refractivity (Wildman–Crippen MR) is 63.3 cm³/mol. The van der Waals surface area contributed by atoms with Crippen LogP contribution < -0.4 is 4.74 Å². The molecule has 0 spiro atoms. The molecule has 0 radical (unpaired) electrons. The van der Waals surface area contributed by atoms with Gasteiger partial charge in [-0.3, -0.25) is 9.78 Å². The van der Waals surface area contributed by atoms with Crippen molar-refractivity contribution < 1.29 is 9.53 Å². The van der Waals surface area contributed by atoms with Gasteiger partial charge in [-0.2, -0.15) is 0 Å². The standard InChI is InChI=1S/C14H11NO2/c16-13(11-4-2-7-15-9-11)12-5-1-3-10-6-8-17-14(10)12/h1-5,7,9H,6,8H2. The molecule has 2 heterocycles. The Balaban J connectivity index is 2.06. The Labute approximate surface area is 99.1 Å². The molecule has 1 aromatic heterocycles. The van der Waals surface area contributed by atoms with E-state index >= 15 is 0 Å². The number of aromatic nitrogens is 1. The molecule has 3 rings (SSSR count). The van der Waals surface area contributed by atoms with Gasteiger partial charge in [0.15, 0.2) is 5.78 Å². The maximum absolute atomic E-state index is 12.3. The summed E-state index contributed by atoms with van der Waals surface area (Å²) >= 11 is 0. The second-order valence-corrected chi connectivity index (χ2v) is 3.96. The van der Waals surface area contributed by atoms with E-state index in [-0.39, 0.29) is 5.78 Å². The fourth-order valence-corrected chi connectivity index (χ4v) is 2.05. The molecule has 0 N–H and O–H groups in total. The number of hydrogen-bond donors (Lipinski definition) is 0. The number of nitrogens with zero attached hydrogens (tertiary/aromatic N) is 1. The second-order valence-electron chi connectivity index (χ2n) is 3.96. The number of ketones is 1. The summed E-state index contributed by atoms with van der Waals surface area (Å²) in [4.78, 5) is 16.2. The van der Waals surface area contributed by atoms with Crippen LogP contribution in [-0.2, 0) is 6.42 Å². The number of carbonyl (C=O) groups is 1. The van der Waals surface area contributed by atoms with Gasteiger partial charge in [0.1, 0.15) is 5.75 Å². The summed E-state index contributed by atoms with van der Waals surface area (Å²) in [5.74, 6) is 0.707. The van der Waals surface area contributed by atoms with Crippen molar-refractivity contribution >= 4 is 5.78 Å². The molecule has 0 unspecified atom stereocenters. The van der Waals surface area contributed by atoms with Crippen LogP contribution in [-0.4, -0.2) is 17.4 Å². The average Bonchev–Trinajstić information content (AvgIpc) is 2.87. The summed E-state index contributed by atoms with van der Waals surface area (Å²) in [6, 6.07) is 9.24. The van der Waals surface area contributed by atoms with Crippen molar-refractivity contribution in [1.82, 2.24) is 4.98 Å². The van der Waals surface area contributed by atoms with E-state index < -0.39 is 0 Å². The van der Waals surface area contributed by atoms with E-state index in [0.29, 0.717) is 17.7 Å². The van der Waals surface area contributed by atoms with E-state index in [4.69, 9.17) is 4.74 Å². The van der Waals surface area contributed by atoms with Crippen LogP contribution in [0.3, 0.4) is 0 Å². The molecule has 0 fully saturated rings. The normalized spacial score (nSPS) is 12.9. The van der Waals surface area contributed by atoms with E-state index in [0.717, 1.165) is 17.7 Å². The van der Waals surface area contributed by atoms with Gasteiger partial charge in [-0.1, -0.05) is 12.1 Å². The summed E-state index contributed by atoms with van der Waals surface area (Å²) < 4.78 is 5.53. The fraction of sp³-hybridized carbons (Fsp3) is 0.143. The summed E-state index contributed by atoms with van der Waals surface area (Å²) in [5.41, 5.74) is 2.34. The van der Waals surface area contributed by atoms with Crippen LogP contribution in [0, 0.1) is 0 Å². The largest absolute Gasteiger partial charge is 0.492 e. The highest BCUT2D eigenvalue weighted by atomic mass is 16.5. The zero-order chi connectivity index (χ0) is 11.7. The molecule has 3 heteroatoms. The number of fused-ring (bicyclic) bond motifs is 1. The molecule has 1 aromatic carbocycles. The molecule has 0 amide bonds. The Morgan fingerprint density at radius 1 is 1.24 bits per heavy atom. The third kappa shape index (κ3) is 1.69. The van der Waals surface area contributed by atoms with Gasteiger partial charge in [-0.05, 0) is 23.8 Å². The van der Waals surface area contributed by atoms with Gasteiger partial charge in [0.05, 0.1) is 12.2 Å². The van der Waals surface area contributed by atoms with Crippen molar-refractivity contribution in [2.75, 3.05) is 6.61 Å². The maximum atomic E-state index is 12.3. The average molecular weight is 225 g/mol. The number of rotatable bonds is 2. The van der Waals surface area contributed by atoms with E-state index in [1.54, 1.807) is 30.6 Å². The molecular formula is C14H11NO2. The molecule has 0 bridgehead atoms. The number of hydrogen-bond acceptors (Lipinski definition) is 3. The van der Waals surface area contributed by atoms with Crippen LogP contribution in [0.15, 0.2) is 42.7 Å². The van der Waals surface area contributed by atoms with Crippen molar-refractivity contribution in [3.8, 4) is 5.75 Å². The summed E-state index contributed by atoms with van der Waals surface area (Å²) in [6.45, 7) is 0.659. The lowest BCUT2D eigenvalue weighted by Crippen LogP contribution is -2.03. The van der Waals surface area contributed by atoms with Crippen LogP contribution in [0.1, 0.15) is 21.5 Å². The highest BCUT2D eigenvalue weighted by Crippen LogP contribution is 2.30. The Morgan fingerprint density at radius 2 is 2.18 bits per heavy atom. The molecule has 17 heavy (non-hydrogen) atoms. The molecule has 1 aliphatic heterocycles. The van der Waals surface area contributed by atoms with Gasteiger partial charge in [0.25, 0.3) is 0 Å². The first kappa shape index (κ1) is 10.0. The van der Waals surface area contributed by atoms with Crippen molar-refractivity contribution in [1.29, 1.82) is 0 Å². The molecule has 3 nitrogen and oxygen atoms in total. The summed E-state index contributed by atoms with van der Waals surface area (Å²) in [5, 5.41) is 0. The Hall–Kier alpha value is -2.16. The zero-order valence-corrected chi connectivity index (χ0v) is 9.22. The Bertz CT molecular complexity index is 564. The molecule has 2 aromatic rings. The molecule has 84 valence electrons. The molecule has 0 atom stereocenters. The van der Waals surface area contributed by atoms with Crippen LogP contribution in [0.4, 0.5) is 0 Å². The smallest absolute Gasteiger partial charge is 0.198 e. The lowest BCUT2D eigenvalue weighted by atomic mass is 10.0. The summed E-state index contributed by atoms with van der Waals surface area (Å²) in [6.07, 6.45) is 4.11.